The number of halogens is 1. The van der Waals surface area contributed by atoms with Crippen LogP contribution in [0.3, 0.4) is 0 Å². The van der Waals surface area contributed by atoms with Crippen LogP contribution in [-0.4, -0.2) is 10.8 Å². The third kappa shape index (κ3) is 4.20. The SMILES string of the molecule is CC=COc1ccc(C(=O)C(=Cc2ccc(F)cc2)c2nc3ccccc3o2)cc1. The van der Waals surface area contributed by atoms with E-state index in [9.17, 15) is 9.18 Å². The summed E-state index contributed by atoms with van der Waals surface area (Å²) in [6.07, 6.45) is 4.99. The summed E-state index contributed by atoms with van der Waals surface area (Å²) in [5, 5.41) is 0. The first kappa shape index (κ1) is 19.3. The molecule has 148 valence electrons. The molecule has 0 fully saturated rings. The number of benzene rings is 3. The molecule has 0 unspecified atom stereocenters. The second kappa shape index (κ2) is 8.57. The highest BCUT2D eigenvalue weighted by atomic mass is 19.1. The molecule has 0 spiro atoms. The van der Waals surface area contributed by atoms with Crippen molar-refractivity contribution in [3.05, 3.63) is 108 Å². The Kier molecular flexibility index (Phi) is 5.52. The van der Waals surface area contributed by atoms with E-state index in [-0.39, 0.29) is 23.1 Å². The molecule has 0 aliphatic rings. The summed E-state index contributed by atoms with van der Waals surface area (Å²) in [6.45, 7) is 1.85. The monoisotopic (exact) mass is 399 g/mol. The number of ketones is 1. The average molecular weight is 399 g/mol. The Bertz CT molecular complexity index is 1200. The zero-order valence-electron chi connectivity index (χ0n) is 16.2. The van der Waals surface area contributed by atoms with Crippen LogP contribution in [0.1, 0.15) is 28.7 Å². The molecule has 4 aromatic rings. The van der Waals surface area contributed by atoms with Crippen molar-refractivity contribution in [2.45, 2.75) is 6.92 Å². The van der Waals surface area contributed by atoms with Crippen LogP contribution in [0.25, 0.3) is 22.7 Å². The van der Waals surface area contributed by atoms with E-state index in [1.165, 1.54) is 12.1 Å². The van der Waals surface area contributed by atoms with Gasteiger partial charge in [-0.2, -0.15) is 0 Å². The quantitative estimate of drug-likeness (QED) is 0.217. The van der Waals surface area contributed by atoms with Crippen LogP contribution >= 0.6 is 0 Å². The fourth-order valence-corrected chi connectivity index (χ4v) is 2.92. The summed E-state index contributed by atoms with van der Waals surface area (Å²) in [7, 11) is 0. The molecule has 1 aromatic heterocycles. The lowest BCUT2D eigenvalue weighted by atomic mass is 10.0. The van der Waals surface area contributed by atoms with Gasteiger partial charge in [-0.3, -0.25) is 4.79 Å². The summed E-state index contributed by atoms with van der Waals surface area (Å²) >= 11 is 0. The van der Waals surface area contributed by atoms with Crippen LogP contribution < -0.4 is 4.74 Å². The summed E-state index contributed by atoms with van der Waals surface area (Å²) < 4.78 is 24.5. The fourth-order valence-electron chi connectivity index (χ4n) is 2.92. The van der Waals surface area contributed by atoms with Crippen molar-refractivity contribution in [1.29, 1.82) is 0 Å². The Hall–Kier alpha value is -3.99. The molecule has 4 rings (SSSR count). The van der Waals surface area contributed by atoms with Gasteiger partial charge in [0.05, 0.1) is 11.8 Å². The Morgan fingerprint density at radius 3 is 2.43 bits per heavy atom. The molecule has 0 saturated heterocycles. The molecule has 0 aliphatic carbocycles. The standard InChI is InChI=1S/C25H18FNO3/c1-2-15-29-20-13-9-18(10-14-20)24(28)21(16-17-7-11-19(26)12-8-17)25-27-22-5-3-4-6-23(22)30-25/h2-16H,1H3. The molecule has 0 atom stereocenters. The number of hydrogen-bond donors (Lipinski definition) is 0. The van der Waals surface area contributed by atoms with Gasteiger partial charge in [-0.15, -0.1) is 0 Å². The van der Waals surface area contributed by atoms with Crippen LogP contribution in [0, 0.1) is 5.82 Å². The lowest BCUT2D eigenvalue weighted by molar-refractivity contribution is 0.105. The van der Waals surface area contributed by atoms with E-state index in [0.717, 1.165) is 0 Å². The van der Waals surface area contributed by atoms with Crippen LogP contribution in [0.4, 0.5) is 4.39 Å². The van der Waals surface area contributed by atoms with Crippen molar-refractivity contribution in [2.75, 3.05) is 0 Å². The number of aromatic nitrogens is 1. The number of carbonyl (C=O) groups excluding carboxylic acids is 1. The maximum atomic E-state index is 13.3. The first-order valence-electron chi connectivity index (χ1n) is 9.40. The molecule has 0 N–H and O–H groups in total. The number of hydrogen-bond acceptors (Lipinski definition) is 4. The van der Waals surface area contributed by atoms with Gasteiger partial charge in [0.2, 0.25) is 5.89 Å². The number of allylic oxidation sites excluding steroid dienone is 2. The number of Topliss-reactive ketones (excluding diaryl/α,β-unsaturated/α-hetero) is 1. The number of rotatable bonds is 6. The van der Waals surface area contributed by atoms with Gasteiger partial charge in [-0.05, 0) is 67.1 Å². The van der Waals surface area contributed by atoms with Crippen molar-refractivity contribution >= 4 is 28.5 Å². The molecule has 0 saturated carbocycles. The van der Waals surface area contributed by atoms with Crippen molar-refractivity contribution in [2.24, 2.45) is 0 Å². The minimum Gasteiger partial charge on any atom is -0.465 e. The van der Waals surface area contributed by atoms with E-state index in [4.69, 9.17) is 9.15 Å². The van der Waals surface area contributed by atoms with E-state index < -0.39 is 0 Å². The summed E-state index contributed by atoms with van der Waals surface area (Å²) in [5.41, 5.74) is 2.63. The lowest BCUT2D eigenvalue weighted by Gasteiger charge is -2.06. The van der Waals surface area contributed by atoms with Gasteiger partial charge < -0.3 is 9.15 Å². The Balaban J connectivity index is 1.76. The van der Waals surface area contributed by atoms with Crippen LogP contribution in [0.5, 0.6) is 5.75 Å². The van der Waals surface area contributed by atoms with E-state index in [0.29, 0.717) is 28.0 Å². The Morgan fingerprint density at radius 1 is 1.00 bits per heavy atom. The highest BCUT2D eigenvalue weighted by Crippen LogP contribution is 2.27. The molecule has 1 heterocycles. The predicted molar refractivity (Wildman–Crippen MR) is 114 cm³/mol. The Morgan fingerprint density at radius 2 is 1.73 bits per heavy atom. The van der Waals surface area contributed by atoms with E-state index in [2.05, 4.69) is 4.98 Å². The normalized spacial score (nSPS) is 11.9. The number of nitrogens with zero attached hydrogens (tertiary/aromatic N) is 1. The first-order valence-corrected chi connectivity index (χ1v) is 9.40. The second-order valence-electron chi connectivity index (χ2n) is 6.54. The molecular formula is C25H18FNO3. The first-order chi connectivity index (χ1) is 14.6. The van der Waals surface area contributed by atoms with Gasteiger partial charge in [-0.25, -0.2) is 9.37 Å². The average Bonchev–Trinajstić information content (AvgIpc) is 3.21. The van der Waals surface area contributed by atoms with Gasteiger partial charge in [0.25, 0.3) is 0 Å². The topological polar surface area (TPSA) is 52.3 Å². The highest BCUT2D eigenvalue weighted by molar-refractivity contribution is 6.31. The smallest absolute Gasteiger partial charge is 0.231 e. The number of carbonyl (C=O) groups is 1. The molecule has 0 radical (unpaired) electrons. The number of fused-ring (bicyclic) bond motifs is 1. The van der Waals surface area contributed by atoms with Crippen LogP contribution in [0.2, 0.25) is 0 Å². The van der Waals surface area contributed by atoms with E-state index >= 15 is 0 Å². The van der Waals surface area contributed by atoms with Gasteiger partial charge >= 0.3 is 0 Å². The molecule has 30 heavy (non-hydrogen) atoms. The van der Waals surface area contributed by atoms with Gasteiger partial charge in [-0.1, -0.05) is 30.3 Å². The molecule has 3 aromatic carbocycles. The zero-order chi connectivity index (χ0) is 20.9. The van der Waals surface area contributed by atoms with Crippen molar-refractivity contribution in [3.8, 4) is 5.75 Å². The largest absolute Gasteiger partial charge is 0.465 e. The zero-order valence-corrected chi connectivity index (χ0v) is 16.2. The maximum absolute atomic E-state index is 13.3. The highest BCUT2D eigenvalue weighted by Gasteiger charge is 2.20. The summed E-state index contributed by atoms with van der Waals surface area (Å²) in [6, 6.07) is 20.0. The minimum absolute atomic E-state index is 0.208. The van der Waals surface area contributed by atoms with Gasteiger partial charge in [0.1, 0.15) is 17.1 Å². The molecule has 5 heteroatoms. The molecule has 4 nitrogen and oxygen atoms in total. The summed E-state index contributed by atoms with van der Waals surface area (Å²) in [4.78, 5) is 17.8. The minimum atomic E-state index is -0.349. The molecular weight excluding hydrogens is 381 g/mol. The van der Waals surface area contributed by atoms with Crippen molar-refractivity contribution in [1.82, 2.24) is 4.98 Å². The van der Waals surface area contributed by atoms with Crippen molar-refractivity contribution < 1.29 is 18.3 Å². The molecule has 0 bridgehead atoms. The summed E-state index contributed by atoms with van der Waals surface area (Å²) in [5.74, 6) is 0.220. The van der Waals surface area contributed by atoms with Crippen LogP contribution in [-0.2, 0) is 0 Å². The van der Waals surface area contributed by atoms with Gasteiger partial charge in [0.15, 0.2) is 11.4 Å². The van der Waals surface area contributed by atoms with Gasteiger partial charge in [0, 0.05) is 5.56 Å². The number of ether oxygens (including phenoxy) is 1. The number of para-hydroxylation sites is 2. The van der Waals surface area contributed by atoms with Crippen molar-refractivity contribution in [3.63, 3.8) is 0 Å². The Labute approximate surface area is 172 Å². The number of oxazole rings is 1. The van der Waals surface area contributed by atoms with Crippen LogP contribution in [0.15, 0.2) is 89.6 Å². The fraction of sp³-hybridized carbons (Fsp3) is 0.0400. The lowest BCUT2D eigenvalue weighted by Crippen LogP contribution is -2.03. The van der Waals surface area contributed by atoms with E-state index in [1.54, 1.807) is 60.9 Å². The predicted octanol–water partition coefficient (Wildman–Crippen LogP) is 6.30. The molecule has 0 aliphatic heterocycles. The molecule has 0 amide bonds. The van der Waals surface area contributed by atoms with E-state index in [1.807, 2.05) is 25.1 Å². The maximum Gasteiger partial charge on any atom is 0.231 e. The second-order valence-corrected chi connectivity index (χ2v) is 6.54. The third-order valence-electron chi connectivity index (χ3n) is 4.41. The third-order valence-corrected chi connectivity index (χ3v) is 4.41.